The molecule has 0 saturated carbocycles. The zero-order valence-corrected chi connectivity index (χ0v) is 6.41. The van der Waals surface area contributed by atoms with E-state index in [1.165, 1.54) is 0 Å². The second kappa shape index (κ2) is 2.19. The van der Waals surface area contributed by atoms with Crippen molar-refractivity contribution in [2.45, 2.75) is 25.4 Å². The Morgan fingerprint density at radius 2 is 1.70 bits per heavy atom. The van der Waals surface area contributed by atoms with Gasteiger partial charge in [-0.15, -0.1) is 0 Å². The summed E-state index contributed by atoms with van der Waals surface area (Å²) in [6.07, 6.45) is 0.684. The number of nitrogens with zero attached hydrogens (tertiary/aromatic N) is 1. The van der Waals surface area contributed by atoms with Gasteiger partial charge >= 0.3 is 0 Å². The molecule has 2 aliphatic heterocycles. The summed E-state index contributed by atoms with van der Waals surface area (Å²) >= 11 is 0. The minimum Gasteiger partial charge on any atom is -0.346 e. The highest BCUT2D eigenvalue weighted by Gasteiger charge is 2.39. The standard InChI is InChI=1S/C7H13NO2/c1-5-9-6-3-8(2)4-7(6)10-5/h5-7H,3-4H2,1-2H3. The molecule has 0 aromatic rings. The van der Waals surface area contributed by atoms with E-state index in [1.807, 2.05) is 6.92 Å². The molecule has 3 heteroatoms. The van der Waals surface area contributed by atoms with Gasteiger partial charge in [-0.1, -0.05) is 0 Å². The van der Waals surface area contributed by atoms with Crippen LogP contribution in [0.4, 0.5) is 0 Å². The number of fused-ring (bicyclic) bond motifs is 1. The molecule has 2 heterocycles. The molecule has 0 aromatic heterocycles. The van der Waals surface area contributed by atoms with Crippen molar-refractivity contribution in [2.24, 2.45) is 0 Å². The van der Waals surface area contributed by atoms with Crippen molar-refractivity contribution < 1.29 is 9.47 Å². The van der Waals surface area contributed by atoms with Gasteiger partial charge in [0.1, 0.15) is 12.2 Å². The van der Waals surface area contributed by atoms with Crippen LogP contribution in [0.5, 0.6) is 0 Å². The van der Waals surface area contributed by atoms with E-state index in [4.69, 9.17) is 9.47 Å². The lowest BCUT2D eigenvalue weighted by Gasteiger charge is -2.10. The van der Waals surface area contributed by atoms with Crippen LogP contribution in [-0.4, -0.2) is 43.5 Å². The highest BCUT2D eigenvalue weighted by molar-refractivity contribution is 4.87. The normalized spacial score (nSPS) is 48.0. The molecule has 0 spiro atoms. The Morgan fingerprint density at radius 3 is 2.20 bits per heavy atom. The molecule has 0 bridgehead atoms. The fourth-order valence-corrected chi connectivity index (χ4v) is 1.71. The molecule has 0 radical (unpaired) electrons. The average Bonchev–Trinajstić information content (AvgIpc) is 2.21. The SMILES string of the molecule is CC1OC2CN(C)CC2O1. The molecule has 2 atom stereocenters. The first-order valence-electron chi connectivity index (χ1n) is 3.75. The third-order valence-electron chi connectivity index (χ3n) is 2.13. The van der Waals surface area contributed by atoms with Crippen LogP contribution in [0, 0.1) is 0 Å². The molecule has 2 saturated heterocycles. The van der Waals surface area contributed by atoms with E-state index >= 15 is 0 Å². The van der Waals surface area contributed by atoms with E-state index in [9.17, 15) is 0 Å². The van der Waals surface area contributed by atoms with E-state index in [1.54, 1.807) is 0 Å². The van der Waals surface area contributed by atoms with Gasteiger partial charge < -0.3 is 14.4 Å². The van der Waals surface area contributed by atoms with E-state index in [-0.39, 0.29) is 6.29 Å². The predicted octanol–water partition coefficient (Wildman–Crippen LogP) is 0.0618. The smallest absolute Gasteiger partial charge is 0.155 e. The van der Waals surface area contributed by atoms with Gasteiger partial charge in [0.15, 0.2) is 6.29 Å². The predicted molar refractivity (Wildman–Crippen MR) is 36.7 cm³/mol. The first-order valence-corrected chi connectivity index (χ1v) is 3.75. The van der Waals surface area contributed by atoms with Crippen molar-refractivity contribution in [2.75, 3.05) is 20.1 Å². The van der Waals surface area contributed by atoms with Gasteiger partial charge in [0.25, 0.3) is 0 Å². The van der Waals surface area contributed by atoms with Gasteiger partial charge in [-0.3, -0.25) is 0 Å². The number of hydrogen-bond acceptors (Lipinski definition) is 3. The van der Waals surface area contributed by atoms with Crippen LogP contribution in [0.25, 0.3) is 0 Å². The second-order valence-corrected chi connectivity index (χ2v) is 3.14. The summed E-state index contributed by atoms with van der Waals surface area (Å²) in [5.41, 5.74) is 0. The lowest BCUT2D eigenvalue weighted by Crippen LogP contribution is -2.20. The molecule has 0 N–H and O–H groups in total. The Bertz CT molecular complexity index is 112. The lowest BCUT2D eigenvalue weighted by molar-refractivity contribution is -0.0635. The fraction of sp³-hybridized carbons (Fsp3) is 1.00. The van der Waals surface area contributed by atoms with Crippen LogP contribution in [0.15, 0.2) is 0 Å². The first-order chi connectivity index (χ1) is 4.75. The molecule has 2 fully saturated rings. The van der Waals surface area contributed by atoms with Gasteiger partial charge in [-0.05, 0) is 14.0 Å². The topological polar surface area (TPSA) is 21.7 Å². The van der Waals surface area contributed by atoms with Crippen molar-refractivity contribution in [3.63, 3.8) is 0 Å². The van der Waals surface area contributed by atoms with Crippen molar-refractivity contribution in [1.82, 2.24) is 4.90 Å². The zero-order valence-electron chi connectivity index (χ0n) is 6.41. The number of likely N-dealkylation sites (N-methyl/N-ethyl adjacent to an activating group) is 1. The van der Waals surface area contributed by atoms with E-state index in [0.717, 1.165) is 13.1 Å². The quantitative estimate of drug-likeness (QED) is 0.478. The molecule has 0 amide bonds. The summed E-state index contributed by atoms with van der Waals surface area (Å²) in [5, 5.41) is 0. The Labute approximate surface area is 60.9 Å². The average molecular weight is 143 g/mol. The van der Waals surface area contributed by atoms with Crippen molar-refractivity contribution >= 4 is 0 Å². The molecule has 2 rings (SSSR count). The first kappa shape index (κ1) is 6.58. The number of likely N-dealkylation sites (tertiary alicyclic amines) is 1. The molecule has 2 unspecified atom stereocenters. The van der Waals surface area contributed by atoms with E-state index < -0.39 is 0 Å². The van der Waals surface area contributed by atoms with Crippen molar-refractivity contribution in [3.8, 4) is 0 Å². The maximum Gasteiger partial charge on any atom is 0.155 e. The third-order valence-corrected chi connectivity index (χ3v) is 2.13. The number of hydrogen-bond donors (Lipinski definition) is 0. The molecule has 10 heavy (non-hydrogen) atoms. The number of rotatable bonds is 0. The Hall–Kier alpha value is -0.120. The van der Waals surface area contributed by atoms with E-state index in [0.29, 0.717) is 12.2 Å². The molecule has 3 nitrogen and oxygen atoms in total. The summed E-state index contributed by atoms with van der Waals surface area (Å²) in [5.74, 6) is 0. The zero-order chi connectivity index (χ0) is 7.14. The summed E-state index contributed by atoms with van der Waals surface area (Å²) < 4.78 is 11.0. The monoisotopic (exact) mass is 143 g/mol. The Morgan fingerprint density at radius 1 is 1.20 bits per heavy atom. The van der Waals surface area contributed by atoms with Gasteiger partial charge in [0.2, 0.25) is 0 Å². The minimum atomic E-state index is 0.0173. The van der Waals surface area contributed by atoms with Crippen LogP contribution in [0.3, 0.4) is 0 Å². The Balaban J connectivity index is 2.00. The highest BCUT2D eigenvalue weighted by Crippen LogP contribution is 2.24. The fourth-order valence-electron chi connectivity index (χ4n) is 1.71. The molecule has 58 valence electrons. The summed E-state index contributed by atoms with van der Waals surface area (Å²) in [4.78, 5) is 2.24. The molecule has 0 aliphatic carbocycles. The van der Waals surface area contributed by atoms with Crippen LogP contribution >= 0.6 is 0 Å². The molecule has 0 aromatic carbocycles. The van der Waals surface area contributed by atoms with Gasteiger partial charge in [0.05, 0.1) is 0 Å². The van der Waals surface area contributed by atoms with Gasteiger partial charge in [-0.2, -0.15) is 0 Å². The van der Waals surface area contributed by atoms with Crippen molar-refractivity contribution in [1.29, 1.82) is 0 Å². The molecular formula is C7H13NO2. The summed E-state index contributed by atoms with van der Waals surface area (Å²) in [7, 11) is 2.09. The summed E-state index contributed by atoms with van der Waals surface area (Å²) in [6, 6.07) is 0. The van der Waals surface area contributed by atoms with Gasteiger partial charge in [-0.25, -0.2) is 0 Å². The Kier molecular flexibility index (Phi) is 1.44. The van der Waals surface area contributed by atoms with Crippen LogP contribution in [0.2, 0.25) is 0 Å². The number of ether oxygens (including phenoxy) is 2. The third kappa shape index (κ3) is 0.944. The summed E-state index contributed by atoms with van der Waals surface area (Å²) in [6.45, 7) is 4.00. The van der Waals surface area contributed by atoms with Crippen LogP contribution < -0.4 is 0 Å². The molecular weight excluding hydrogens is 130 g/mol. The minimum absolute atomic E-state index is 0.0173. The second-order valence-electron chi connectivity index (χ2n) is 3.14. The maximum atomic E-state index is 5.49. The molecule has 2 aliphatic rings. The maximum absolute atomic E-state index is 5.49. The van der Waals surface area contributed by atoms with Crippen molar-refractivity contribution in [3.05, 3.63) is 0 Å². The van der Waals surface area contributed by atoms with E-state index in [2.05, 4.69) is 11.9 Å². The van der Waals surface area contributed by atoms with Crippen LogP contribution in [-0.2, 0) is 9.47 Å². The van der Waals surface area contributed by atoms with Crippen LogP contribution in [0.1, 0.15) is 6.92 Å². The highest BCUT2D eigenvalue weighted by atomic mass is 16.7. The lowest BCUT2D eigenvalue weighted by atomic mass is 10.3. The largest absolute Gasteiger partial charge is 0.346 e. The van der Waals surface area contributed by atoms with Gasteiger partial charge in [0, 0.05) is 13.1 Å².